The Kier molecular flexibility index (Phi) is 5.57. The molecule has 0 amide bonds. The van der Waals surface area contributed by atoms with Crippen molar-refractivity contribution in [1.29, 1.82) is 0 Å². The molecule has 1 aromatic carbocycles. The highest BCUT2D eigenvalue weighted by molar-refractivity contribution is 5.85. The van der Waals surface area contributed by atoms with Crippen molar-refractivity contribution in [3.8, 4) is 0 Å². The second-order valence-electron chi connectivity index (χ2n) is 3.78. The summed E-state index contributed by atoms with van der Waals surface area (Å²) < 4.78 is 2.00. The highest BCUT2D eigenvalue weighted by Gasteiger charge is 2.00. The number of anilines is 1. The third kappa shape index (κ3) is 3.79. The standard InChI is InChI=1S/C13H17N3.ClH/c1-2-10-16-13(8-9-15-16)14-11-12-6-4-3-5-7-12;/h3-9,14H,2,10-11H2,1H3;1H. The SMILES string of the molecule is CCCn1nccc1NCc1ccccc1.Cl. The molecular weight excluding hydrogens is 234 g/mol. The minimum atomic E-state index is 0. The Labute approximate surface area is 108 Å². The fourth-order valence-corrected chi connectivity index (χ4v) is 1.66. The molecule has 0 saturated carbocycles. The van der Waals surface area contributed by atoms with Gasteiger partial charge in [-0.05, 0) is 12.0 Å². The van der Waals surface area contributed by atoms with E-state index in [2.05, 4.69) is 41.6 Å². The van der Waals surface area contributed by atoms with Crippen molar-refractivity contribution < 1.29 is 0 Å². The lowest BCUT2D eigenvalue weighted by Crippen LogP contribution is -2.07. The van der Waals surface area contributed by atoms with Crippen LogP contribution in [0.5, 0.6) is 0 Å². The third-order valence-electron chi connectivity index (χ3n) is 2.47. The summed E-state index contributed by atoms with van der Waals surface area (Å²) in [6, 6.07) is 12.4. The van der Waals surface area contributed by atoms with Gasteiger partial charge in [0.25, 0.3) is 0 Å². The molecule has 4 heteroatoms. The summed E-state index contributed by atoms with van der Waals surface area (Å²) >= 11 is 0. The van der Waals surface area contributed by atoms with E-state index in [-0.39, 0.29) is 12.4 Å². The van der Waals surface area contributed by atoms with Crippen LogP contribution in [0.15, 0.2) is 42.6 Å². The van der Waals surface area contributed by atoms with Gasteiger partial charge in [-0.2, -0.15) is 5.10 Å². The molecule has 0 aliphatic carbocycles. The van der Waals surface area contributed by atoms with Crippen molar-refractivity contribution in [3.05, 3.63) is 48.2 Å². The molecule has 0 unspecified atom stereocenters. The van der Waals surface area contributed by atoms with Crippen LogP contribution in [0, 0.1) is 0 Å². The molecule has 0 spiro atoms. The molecular formula is C13H18ClN3. The van der Waals surface area contributed by atoms with Gasteiger partial charge in [0.2, 0.25) is 0 Å². The number of nitrogens with zero attached hydrogens (tertiary/aromatic N) is 2. The Morgan fingerprint density at radius 2 is 1.94 bits per heavy atom. The van der Waals surface area contributed by atoms with Gasteiger partial charge in [0.1, 0.15) is 5.82 Å². The first-order chi connectivity index (χ1) is 7.90. The maximum Gasteiger partial charge on any atom is 0.124 e. The number of aryl methyl sites for hydroxylation is 1. The van der Waals surface area contributed by atoms with E-state index in [9.17, 15) is 0 Å². The lowest BCUT2D eigenvalue weighted by Gasteiger charge is -2.08. The minimum absolute atomic E-state index is 0. The van der Waals surface area contributed by atoms with Gasteiger partial charge in [0.05, 0.1) is 6.20 Å². The molecule has 2 rings (SSSR count). The van der Waals surface area contributed by atoms with E-state index < -0.39 is 0 Å². The van der Waals surface area contributed by atoms with Crippen LogP contribution in [-0.2, 0) is 13.1 Å². The molecule has 1 heterocycles. The third-order valence-corrected chi connectivity index (χ3v) is 2.47. The summed E-state index contributed by atoms with van der Waals surface area (Å²) in [6.07, 6.45) is 2.94. The van der Waals surface area contributed by atoms with Gasteiger partial charge < -0.3 is 5.32 Å². The molecule has 0 aliphatic rings. The summed E-state index contributed by atoms with van der Waals surface area (Å²) in [5.41, 5.74) is 1.28. The number of hydrogen-bond donors (Lipinski definition) is 1. The van der Waals surface area contributed by atoms with Crippen LogP contribution in [0.1, 0.15) is 18.9 Å². The average Bonchev–Trinajstić information content (AvgIpc) is 2.76. The summed E-state index contributed by atoms with van der Waals surface area (Å²) in [6.45, 7) is 3.96. The number of benzene rings is 1. The van der Waals surface area contributed by atoms with Crippen molar-refractivity contribution in [2.24, 2.45) is 0 Å². The van der Waals surface area contributed by atoms with E-state index >= 15 is 0 Å². The second kappa shape index (κ2) is 6.97. The lowest BCUT2D eigenvalue weighted by molar-refractivity contribution is 0.607. The second-order valence-corrected chi connectivity index (χ2v) is 3.78. The minimum Gasteiger partial charge on any atom is -0.366 e. The zero-order valence-electron chi connectivity index (χ0n) is 9.97. The van der Waals surface area contributed by atoms with E-state index in [4.69, 9.17) is 0 Å². The molecule has 0 saturated heterocycles. The molecule has 3 nitrogen and oxygen atoms in total. The largest absolute Gasteiger partial charge is 0.366 e. The fraction of sp³-hybridized carbons (Fsp3) is 0.308. The Bertz CT molecular complexity index is 425. The molecule has 0 atom stereocenters. The zero-order chi connectivity index (χ0) is 11.2. The van der Waals surface area contributed by atoms with Crippen LogP contribution < -0.4 is 5.32 Å². The molecule has 92 valence electrons. The summed E-state index contributed by atoms with van der Waals surface area (Å²) in [5, 5.41) is 7.67. The van der Waals surface area contributed by atoms with Crippen LogP contribution in [0.4, 0.5) is 5.82 Å². The normalized spacial score (nSPS) is 9.71. The molecule has 0 radical (unpaired) electrons. The van der Waals surface area contributed by atoms with E-state index in [1.165, 1.54) is 5.56 Å². The Balaban J connectivity index is 0.00000144. The highest BCUT2D eigenvalue weighted by atomic mass is 35.5. The van der Waals surface area contributed by atoms with Crippen LogP contribution in [0.25, 0.3) is 0 Å². The van der Waals surface area contributed by atoms with Crippen LogP contribution >= 0.6 is 12.4 Å². The number of halogens is 1. The quantitative estimate of drug-likeness (QED) is 0.884. The van der Waals surface area contributed by atoms with E-state index in [0.717, 1.165) is 25.3 Å². The Hall–Kier alpha value is -1.48. The maximum atomic E-state index is 4.27. The first kappa shape index (κ1) is 13.6. The first-order valence-corrected chi connectivity index (χ1v) is 5.69. The number of hydrogen-bond acceptors (Lipinski definition) is 2. The summed E-state index contributed by atoms with van der Waals surface area (Å²) in [5.74, 6) is 1.09. The average molecular weight is 252 g/mol. The maximum absolute atomic E-state index is 4.27. The fourth-order valence-electron chi connectivity index (χ4n) is 1.66. The van der Waals surface area contributed by atoms with Gasteiger partial charge in [-0.3, -0.25) is 0 Å². The lowest BCUT2D eigenvalue weighted by atomic mass is 10.2. The summed E-state index contributed by atoms with van der Waals surface area (Å²) in [4.78, 5) is 0. The molecule has 1 N–H and O–H groups in total. The smallest absolute Gasteiger partial charge is 0.124 e. The highest BCUT2D eigenvalue weighted by Crippen LogP contribution is 2.09. The monoisotopic (exact) mass is 251 g/mol. The molecule has 2 aromatic rings. The van der Waals surface area contributed by atoms with E-state index in [1.54, 1.807) is 0 Å². The van der Waals surface area contributed by atoms with Crippen molar-refractivity contribution in [2.75, 3.05) is 5.32 Å². The van der Waals surface area contributed by atoms with Gasteiger partial charge in [0.15, 0.2) is 0 Å². The van der Waals surface area contributed by atoms with Gasteiger partial charge in [-0.15, -0.1) is 12.4 Å². The van der Waals surface area contributed by atoms with Crippen molar-refractivity contribution >= 4 is 18.2 Å². The molecule has 0 bridgehead atoms. The number of rotatable bonds is 5. The topological polar surface area (TPSA) is 29.9 Å². The van der Waals surface area contributed by atoms with Crippen LogP contribution in [0.2, 0.25) is 0 Å². The Morgan fingerprint density at radius 3 is 2.65 bits per heavy atom. The van der Waals surface area contributed by atoms with E-state index in [0.29, 0.717) is 0 Å². The molecule has 0 aliphatic heterocycles. The first-order valence-electron chi connectivity index (χ1n) is 5.69. The molecule has 0 fully saturated rings. The molecule has 17 heavy (non-hydrogen) atoms. The zero-order valence-corrected chi connectivity index (χ0v) is 10.8. The van der Waals surface area contributed by atoms with Crippen molar-refractivity contribution in [1.82, 2.24) is 9.78 Å². The number of aromatic nitrogens is 2. The number of nitrogens with one attached hydrogen (secondary N) is 1. The summed E-state index contributed by atoms with van der Waals surface area (Å²) in [7, 11) is 0. The van der Waals surface area contributed by atoms with Crippen molar-refractivity contribution in [3.63, 3.8) is 0 Å². The van der Waals surface area contributed by atoms with Crippen LogP contribution in [-0.4, -0.2) is 9.78 Å². The Morgan fingerprint density at radius 1 is 1.18 bits per heavy atom. The van der Waals surface area contributed by atoms with Gasteiger partial charge in [-0.25, -0.2) is 4.68 Å². The van der Waals surface area contributed by atoms with Gasteiger partial charge in [0, 0.05) is 19.2 Å². The van der Waals surface area contributed by atoms with Gasteiger partial charge >= 0.3 is 0 Å². The predicted molar refractivity (Wildman–Crippen MR) is 73.5 cm³/mol. The van der Waals surface area contributed by atoms with Crippen molar-refractivity contribution in [2.45, 2.75) is 26.4 Å². The predicted octanol–water partition coefficient (Wildman–Crippen LogP) is 3.33. The van der Waals surface area contributed by atoms with Crippen LogP contribution in [0.3, 0.4) is 0 Å². The van der Waals surface area contributed by atoms with E-state index in [1.807, 2.05) is 23.0 Å². The molecule has 1 aromatic heterocycles. The van der Waals surface area contributed by atoms with Gasteiger partial charge in [-0.1, -0.05) is 37.3 Å².